The first kappa shape index (κ1) is 21.2. The van der Waals surface area contributed by atoms with E-state index in [1.54, 1.807) is 21.3 Å². The van der Waals surface area contributed by atoms with Gasteiger partial charge in [-0.05, 0) is 6.42 Å². The summed E-state index contributed by atoms with van der Waals surface area (Å²) < 4.78 is 31.6. The lowest BCUT2D eigenvalue weighted by molar-refractivity contribution is -0.138. The minimum Gasteiger partial charge on any atom is -0.462 e. The van der Waals surface area contributed by atoms with Crippen LogP contribution in [0.1, 0.15) is 12.8 Å². The van der Waals surface area contributed by atoms with Crippen LogP contribution in [-0.4, -0.2) is 69.1 Å². The van der Waals surface area contributed by atoms with Crippen molar-refractivity contribution in [3.63, 3.8) is 0 Å². The summed E-state index contributed by atoms with van der Waals surface area (Å²) >= 11 is 0. The van der Waals surface area contributed by atoms with E-state index in [4.69, 9.17) is 27.5 Å². The van der Waals surface area contributed by atoms with Crippen LogP contribution in [0.25, 0.3) is 0 Å². The van der Waals surface area contributed by atoms with Crippen LogP contribution < -0.4 is 0 Å². The van der Waals surface area contributed by atoms with Gasteiger partial charge in [0, 0.05) is 59.7 Å². The summed E-state index contributed by atoms with van der Waals surface area (Å²) in [6, 6.07) is 0.617. The zero-order valence-electron chi connectivity index (χ0n) is 13.8. The van der Waals surface area contributed by atoms with Gasteiger partial charge in [-0.1, -0.05) is 6.58 Å². The molecule has 22 heavy (non-hydrogen) atoms. The van der Waals surface area contributed by atoms with Crippen molar-refractivity contribution >= 4 is 14.8 Å². The Morgan fingerprint density at radius 3 is 1.91 bits per heavy atom. The van der Waals surface area contributed by atoms with Gasteiger partial charge in [0.2, 0.25) is 0 Å². The smallest absolute Gasteiger partial charge is 0.462 e. The molecule has 0 aliphatic rings. The zero-order valence-corrected chi connectivity index (χ0v) is 14.8. The molecule has 0 aliphatic carbocycles. The molecule has 0 aromatic rings. The first-order valence-corrected chi connectivity index (χ1v) is 9.17. The molecular formula is C14H28O7Si. The topological polar surface area (TPSA) is 72.5 Å². The number of ether oxygens (including phenoxy) is 3. The maximum Gasteiger partial charge on any atom is 0.502 e. The van der Waals surface area contributed by atoms with Gasteiger partial charge in [0.1, 0.15) is 0 Å². The molecule has 130 valence electrons. The van der Waals surface area contributed by atoms with Crippen molar-refractivity contribution in [2.45, 2.75) is 18.9 Å². The molecule has 0 heterocycles. The summed E-state index contributed by atoms with van der Waals surface area (Å²) in [6.45, 7) is 5.95. The first-order valence-electron chi connectivity index (χ1n) is 7.24. The van der Waals surface area contributed by atoms with E-state index in [0.29, 0.717) is 45.5 Å². The fourth-order valence-corrected chi connectivity index (χ4v) is 3.12. The summed E-state index contributed by atoms with van der Waals surface area (Å²) in [5.74, 6) is -0.406. The predicted octanol–water partition coefficient (Wildman–Crippen LogP) is 1.41. The lowest BCUT2D eigenvalue weighted by Crippen LogP contribution is -2.43. The van der Waals surface area contributed by atoms with E-state index in [1.807, 2.05) is 0 Å². The molecule has 0 amide bonds. The summed E-state index contributed by atoms with van der Waals surface area (Å²) in [7, 11) is 2.22. The van der Waals surface area contributed by atoms with Gasteiger partial charge in [0.15, 0.2) is 0 Å². The maximum atomic E-state index is 10.8. The quantitative estimate of drug-likeness (QED) is 0.194. The molecule has 0 saturated heterocycles. The second-order valence-corrected chi connectivity index (χ2v) is 7.44. The number of hydrogen-bond acceptors (Lipinski definition) is 7. The van der Waals surface area contributed by atoms with Gasteiger partial charge >= 0.3 is 14.8 Å². The van der Waals surface area contributed by atoms with Crippen LogP contribution in [0.15, 0.2) is 12.7 Å². The van der Waals surface area contributed by atoms with Crippen molar-refractivity contribution < 1.29 is 32.3 Å². The molecule has 0 atom stereocenters. The number of hydrogen-bond donors (Lipinski definition) is 0. The SMILES string of the molecule is C=CC(=O)OCCCOCCCOCC[Si](OC)(OC)OC. The Hall–Kier alpha value is -0.773. The Morgan fingerprint density at radius 2 is 1.41 bits per heavy atom. The van der Waals surface area contributed by atoms with Crippen molar-refractivity contribution in [1.82, 2.24) is 0 Å². The largest absolute Gasteiger partial charge is 0.502 e. The van der Waals surface area contributed by atoms with Gasteiger partial charge in [-0.15, -0.1) is 0 Å². The second kappa shape index (κ2) is 13.9. The lowest BCUT2D eigenvalue weighted by atomic mass is 10.4. The van der Waals surface area contributed by atoms with E-state index >= 15 is 0 Å². The lowest BCUT2D eigenvalue weighted by Gasteiger charge is -2.24. The summed E-state index contributed by atoms with van der Waals surface area (Å²) in [5.41, 5.74) is 0. The van der Waals surface area contributed by atoms with Gasteiger partial charge in [-0.25, -0.2) is 4.79 Å². The normalized spacial score (nSPS) is 11.4. The van der Waals surface area contributed by atoms with Crippen LogP contribution in [0, 0.1) is 0 Å². The Kier molecular flexibility index (Phi) is 13.4. The Morgan fingerprint density at radius 1 is 0.909 bits per heavy atom. The van der Waals surface area contributed by atoms with Gasteiger partial charge in [-0.3, -0.25) is 0 Å². The zero-order chi connectivity index (χ0) is 16.7. The Balaban J connectivity index is 3.37. The molecular weight excluding hydrogens is 308 g/mol. The molecule has 0 rings (SSSR count). The fourth-order valence-electron chi connectivity index (χ4n) is 1.61. The fraction of sp³-hybridized carbons (Fsp3) is 0.786. The number of esters is 1. The highest BCUT2D eigenvalue weighted by Crippen LogP contribution is 2.12. The average molecular weight is 336 g/mol. The number of rotatable bonds is 15. The van der Waals surface area contributed by atoms with Crippen LogP contribution in [0.4, 0.5) is 0 Å². The monoisotopic (exact) mass is 336 g/mol. The highest BCUT2D eigenvalue weighted by Gasteiger charge is 2.37. The molecule has 0 fully saturated rings. The van der Waals surface area contributed by atoms with Crippen molar-refractivity contribution in [3.05, 3.63) is 12.7 Å². The van der Waals surface area contributed by atoms with E-state index in [2.05, 4.69) is 6.58 Å². The Bertz CT molecular complexity index is 287. The second-order valence-electron chi connectivity index (χ2n) is 4.35. The summed E-state index contributed by atoms with van der Waals surface area (Å²) in [5, 5.41) is 0. The number of carbonyl (C=O) groups excluding carboxylic acids is 1. The average Bonchev–Trinajstić information content (AvgIpc) is 2.56. The van der Waals surface area contributed by atoms with Crippen molar-refractivity contribution in [1.29, 1.82) is 0 Å². The van der Waals surface area contributed by atoms with E-state index in [9.17, 15) is 4.79 Å². The molecule has 0 aromatic heterocycles. The van der Waals surface area contributed by atoms with Crippen LogP contribution >= 0.6 is 0 Å². The summed E-state index contributed by atoms with van der Waals surface area (Å²) in [6.07, 6.45) is 2.62. The van der Waals surface area contributed by atoms with Gasteiger partial charge < -0.3 is 27.5 Å². The molecule has 0 spiro atoms. The van der Waals surface area contributed by atoms with E-state index in [-0.39, 0.29) is 0 Å². The van der Waals surface area contributed by atoms with Crippen LogP contribution in [0.2, 0.25) is 6.04 Å². The Labute approximate surface area is 133 Å². The van der Waals surface area contributed by atoms with Crippen LogP contribution in [-0.2, 0) is 32.3 Å². The van der Waals surface area contributed by atoms with Crippen molar-refractivity contribution in [3.8, 4) is 0 Å². The minimum atomic E-state index is -2.52. The van der Waals surface area contributed by atoms with Crippen LogP contribution in [0.5, 0.6) is 0 Å². The maximum absolute atomic E-state index is 10.8. The summed E-state index contributed by atoms with van der Waals surface area (Å²) in [4.78, 5) is 10.8. The molecule has 8 heteroatoms. The highest BCUT2D eigenvalue weighted by molar-refractivity contribution is 6.60. The van der Waals surface area contributed by atoms with E-state index in [0.717, 1.165) is 12.5 Å². The molecule has 0 bridgehead atoms. The van der Waals surface area contributed by atoms with Crippen molar-refractivity contribution in [2.24, 2.45) is 0 Å². The molecule has 0 N–H and O–H groups in total. The molecule has 0 aliphatic heterocycles. The van der Waals surface area contributed by atoms with Gasteiger partial charge in [-0.2, -0.15) is 0 Å². The van der Waals surface area contributed by atoms with E-state index < -0.39 is 14.8 Å². The molecule has 0 saturated carbocycles. The standard InChI is InChI=1S/C14H28O7Si/c1-5-14(15)21-11-7-10-19-8-6-9-20-12-13-22(16-2,17-3)18-4/h5H,1,6-13H2,2-4H3. The van der Waals surface area contributed by atoms with E-state index in [1.165, 1.54) is 0 Å². The molecule has 0 aromatic carbocycles. The molecule has 7 nitrogen and oxygen atoms in total. The van der Waals surface area contributed by atoms with Gasteiger partial charge in [0.05, 0.1) is 13.2 Å². The van der Waals surface area contributed by atoms with Crippen molar-refractivity contribution in [2.75, 3.05) is 54.4 Å². The third-order valence-electron chi connectivity index (χ3n) is 2.91. The minimum absolute atomic E-state index is 0.346. The third kappa shape index (κ3) is 10.0. The van der Waals surface area contributed by atoms with Crippen LogP contribution in [0.3, 0.4) is 0 Å². The number of carbonyl (C=O) groups is 1. The predicted molar refractivity (Wildman–Crippen MR) is 83.6 cm³/mol. The van der Waals surface area contributed by atoms with Gasteiger partial charge in [0.25, 0.3) is 0 Å². The third-order valence-corrected chi connectivity index (χ3v) is 5.59. The molecule has 0 unspecified atom stereocenters. The molecule has 0 radical (unpaired) electrons. The highest BCUT2D eigenvalue weighted by atomic mass is 28.4. The first-order chi connectivity index (χ1) is 10.6.